The number of hydrogen-bond acceptors (Lipinski definition) is 6. The number of rotatable bonds is 5. The predicted molar refractivity (Wildman–Crippen MR) is 110 cm³/mol. The lowest BCUT2D eigenvalue weighted by Gasteiger charge is -2.09. The van der Waals surface area contributed by atoms with Gasteiger partial charge in [-0.1, -0.05) is 17.3 Å². The molecule has 1 aromatic heterocycles. The Balaban J connectivity index is 1.83. The summed E-state index contributed by atoms with van der Waals surface area (Å²) in [6.45, 7) is 0. The number of anilines is 1. The second-order valence-corrected chi connectivity index (χ2v) is 6.61. The van der Waals surface area contributed by atoms with Gasteiger partial charge in [-0.05, 0) is 30.3 Å². The maximum atomic E-state index is 12.0. The number of carbonyl (C=O) groups is 2. The normalized spacial score (nSPS) is 10.4. The highest BCUT2D eigenvalue weighted by atomic mass is 16.5. The van der Waals surface area contributed by atoms with Crippen molar-refractivity contribution in [3.8, 4) is 11.3 Å². The van der Waals surface area contributed by atoms with Crippen molar-refractivity contribution in [3.05, 3.63) is 71.0 Å². The zero-order valence-electron chi connectivity index (χ0n) is 16.3. The van der Waals surface area contributed by atoms with Gasteiger partial charge < -0.3 is 20.5 Å². The van der Waals surface area contributed by atoms with Crippen molar-refractivity contribution in [1.82, 2.24) is 15.4 Å². The molecule has 4 N–H and O–H groups in total. The number of aromatic nitrogens is 1. The molecule has 148 valence electrons. The summed E-state index contributed by atoms with van der Waals surface area (Å²) in [7, 11) is 4.92. The summed E-state index contributed by atoms with van der Waals surface area (Å²) in [5.74, 6) is -0.101. The van der Waals surface area contributed by atoms with E-state index in [0.717, 1.165) is 5.56 Å². The number of nitrogens with two attached hydrogens (primary N) is 1. The number of hydrogen-bond donors (Lipinski definition) is 3. The lowest BCUT2D eigenvalue weighted by molar-refractivity contribution is 0.0827. The van der Waals surface area contributed by atoms with Crippen LogP contribution in [0.15, 0.2) is 53.1 Å². The van der Waals surface area contributed by atoms with Crippen LogP contribution in [0.2, 0.25) is 0 Å². The summed E-state index contributed by atoms with van der Waals surface area (Å²) in [5, 5.41) is 14.9. The average molecular weight is 391 g/mol. The first-order valence-corrected chi connectivity index (χ1v) is 8.81. The van der Waals surface area contributed by atoms with Gasteiger partial charge in [-0.3, -0.25) is 15.0 Å². The summed E-state index contributed by atoms with van der Waals surface area (Å²) in [6, 6.07) is 13.3. The first kappa shape index (κ1) is 19.8. The van der Waals surface area contributed by atoms with E-state index in [1.807, 2.05) is 0 Å². The van der Waals surface area contributed by atoms with Crippen LogP contribution in [0.1, 0.15) is 32.0 Å². The average Bonchev–Trinajstić information content (AvgIpc) is 3.22. The number of carbonyl (C=O) groups excluding carboxylic acids is 2. The Morgan fingerprint density at radius 2 is 1.72 bits per heavy atom. The van der Waals surface area contributed by atoms with Crippen molar-refractivity contribution in [2.45, 2.75) is 0 Å². The number of benzene rings is 2. The predicted octanol–water partition coefficient (Wildman–Crippen LogP) is 2.40. The number of nitrogen functional groups attached to an aromatic ring is 1. The van der Waals surface area contributed by atoms with Crippen LogP contribution in [-0.4, -0.2) is 48.7 Å². The minimum absolute atomic E-state index is 0.0594. The fourth-order valence-corrected chi connectivity index (χ4v) is 2.78. The minimum atomic E-state index is -0.257. The third kappa shape index (κ3) is 4.01. The van der Waals surface area contributed by atoms with E-state index >= 15 is 0 Å². The zero-order valence-corrected chi connectivity index (χ0v) is 16.3. The van der Waals surface area contributed by atoms with E-state index < -0.39 is 0 Å². The molecule has 0 bridgehead atoms. The Morgan fingerprint density at radius 3 is 2.31 bits per heavy atom. The monoisotopic (exact) mass is 391 g/mol. The molecular weight excluding hydrogens is 370 g/mol. The van der Waals surface area contributed by atoms with E-state index in [1.54, 1.807) is 56.6 Å². The molecule has 0 atom stereocenters. The van der Waals surface area contributed by atoms with Gasteiger partial charge in [0, 0.05) is 55.2 Å². The number of nitrogens with one attached hydrogen (secondary N) is 2. The topological polar surface area (TPSA) is 125 Å². The Bertz CT molecular complexity index is 1080. The molecule has 8 heteroatoms. The van der Waals surface area contributed by atoms with Crippen LogP contribution in [0.4, 0.5) is 5.69 Å². The van der Waals surface area contributed by atoms with Gasteiger partial charge >= 0.3 is 0 Å². The third-order valence-corrected chi connectivity index (χ3v) is 4.40. The van der Waals surface area contributed by atoms with Gasteiger partial charge in [0.15, 0.2) is 5.76 Å². The highest BCUT2D eigenvalue weighted by Crippen LogP contribution is 2.24. The van der Waals surface area contributed by atoms with Gasteiger partial charge in [0.05, 0.1) is 0 Å². The Hall–Kier alpha value is -3.94. The maximum Gasteiger partial charge on any atom is 0.253 e. The molecule has 8 nitrogen and oxygen atoms in total. The second kappa shape index (κ2) is 7.97. The zero-order chi connectivity index (χ0) is 21.1. The molecule has 0 aliphatic heterocycles. The largest absolute Gasteiger partial charge is 0.398 e. The summed E-state index contributed by atoms with van der Waals surface area (Å²) < 4.78 is 5.32. The molecule has 2 aromatic carbocycles. The van der Waals surface area contributed by atoms with Gasteiger partial charge in [0.2, 0.25) is 0 Å². The fourth-order valence-electron chi connectivity index (χ4n) is 2.78. The molecule has 0 aliphatic carbocycles. The molecule has 2 amide bonds. The highest BCUT2D eigenvalue weighted by Gasteiger charge is 2.17. The lowest BCUT2D eigenvalue weighted by Crippen LogP contribution is -2.21. The molecule has 0 saturated heterocycles. The van der Waals surface area contributed by atoms with Crippen molar-refractivity contribution >= 4 is 23.2 Å². The van der Waals surface area contributed by atoms with E-state index in [1.165, 1.54) is 18.0 Å². The van der Waals surface area contributed by atoms with E-state index in [4.69, 9.17) is 15.7 Å². The van der Waals surface area contributed by atoms with E-state index in [0.29, 0.717) is 28.1 Å². The molecule has 0 radical (unpaired) electrons. The summed E-state index contributed by atoms with van der Waals surface area (Å²) in [4.78, 5) is 25.2. The van der Waals surface area contributed by atoms with E-state index in [-0.39, 0.29) is 23.3 Å². The van der Waals surface area contributed by atoms with Crippen LogP contribution in [0.5, 0.6) is 0 Å². The van der Waals surface area contributed by atoms with Crippen LogP contribution in [-0.2, 0) is 0 Å². The van der Waals surface area contributed by atoms with Crippen molar-refractivity contribution in [1.29, 1.82) is 5.41 Å². The second-order valence-electron chi connectivity index (χ2n) is 6.61. The Kier molecular flexibility index (Phi) is 5.45. The molecule has 0 aliphatic rings. The molecular formula is C21H21N5O3. The molecule has 3 aromatic rings. The van der Waals surface area contributed by atoms with Crippen molar-refractivity contribution in [3.63, 3.8) is 0 Å². The van der Waals surface area contributed by atoms with Crippen molar-refractivity contribution in [2.75, 3.05) is 26.9 Å². The molecule has 0 saturated carbocycles. The van der Waals surface area contributed by atoms with Crippen LogP contribution >= 0.6 is 0 Å². The van der Waals surface area contributed by atoms with Gasteiger partial charge in [0.25, 0.3) is 11.8 Å². The lowest BCUT2D eigenvalue weighted by atomic mass is 10.0. The standard InChI is InChI=1S/C21H21N5O3/c1-24-20(27)14-8-9-15(16(22)10-14)19(23)18-11-17(25-29-18)12-4-6-13(7-5-12)21(28)26(2)3/h4-11,23H,22H2,1-3H3,(H,24,27). The molecule has 29 heavy (non-hydrogen) atoms. The highest BCUT2D eigenvalue weighted by molar-refractivity contribution is 6.13. The third-order valence-electron chi connectivity index (χ3n) is 4.40. The van der Waals surface area contributed by atoms with Crippen LogP contribution in [0, 0.1) is 5.41 Å². The SMILES string of the molecule is CNC(=O)c1ccc(C(=N)c2cc(-c3ccc(C(=O)N(C)C)cc3)no2)c(N)c1. The van der Waals surface area contributed by atoms with Crippen molar-refractivity contribution in [2.24, 2.45) is 0 Å². The van der Waals surface area contributed by atoms with Gasteiger partial charge in [-0.15, -0.1) is 0 Å². The smallest absolute Gasteiger partial charge is 0.253 e. The Morgan fingerprint density at radius 1 is 1.07 bits per heavy atom. The number of nitrogens with zero attached hydrogens (tertiary/aromatic N) is 2. The molecule has 3 rings (SSSR count). The summed E-state index contributed by atoms with van der Waals surface area (Å²) >= 11 is 0. The fraction of sp³-hybridized carbons (Fsp3) is 0.143. The molecule has 0 unspecified atom stereocenters. The van der Waals surface area contributed by atoms with Crippen molar-refractivity contribution < 1.29 is 14.1 Å². The first-order chi connectivity index (χ1) is 13.8. The van der Waals surface area contributed by atoms with Gasteiger partial charge in [-0.25, -0.2) is 0 Å². The molecule has 0 fully saturated rings. The van der Waals surface area contributed by atoms with Crippen LogP contribution < -0.4 is 11.1 Å². The maximum absolute atomic E-state index is 12.0. The Labute approximate surface area is 167 Å². The summed E-state index contributed by atoms with van der Waals surface area (Å²) in [5.41, 5.74) is 9.08. The summed E-state index contributed by atoms with van der Waals surface area (Å²) in [6.07, 6.45) is 0. The van der Waals surface area contributed by atoms with E-state index in [9.17, 15) is 9.59 Å². The van der Waals surface area contributed by atoms with Crippen LogP contribution in [0.25, 0.3) is 11.3 Å². The molecule has 1 heterocycles. The first-order valence-electron chi connectivity index (χ1n) is 8.81. The van der Waals surface area contributed by atoms with Gasteiger partial charge in [-0.2, -0.15) is 0 Å². The number of amides is 2. The van der Waals surface area contributed by atoms with Gasteiger partial charge in [0.1, 0.15) is 11.4 Å². The quantitative estimate of drug-likeness (QED) is 0.455. The minimum Gasteiger partial charge on any atom is -0.398 e. The van der Waals surface area contributed by atoms with E-state index in [2.05, 4.69) is 10.5 Å². The molecule has 0 spiro atoms. The van der Waals surface area contributed by atoms with Crippen LogP contribution in [0.3, 0.4) is 0 Å².